The molecule has 3 nitrogen and oxygen atoms in total. The molecule has 0 aromatic rings. The largest absolute Gasteiger partial charge is 0.465 e. The van der Waals surface area contributed by atoms with Gasteiger partial charge >= 0.3 is 6.09 Å². The highest BCUT2D eigenvalue weighted by molar-refractivity contribution is 14.1. The molecule has 1 N–H and O–H groups in total. The molecule has 1 saturated heterocycles. The van der Waals surface area contributed by atoms with Gasteiger partial charge in [0.25, 0.3) is 0 Å². The van der Waals surface area contributed by atoms with E-state index in [2.05, 4.69) is 22.6 Å². The summed E-state index contributed by atoms with van der Waals surface area (Å²) in [4.78, 5) is 11.9. The molecular weight excluding hydrogens is 245 g/mol. The average molecular weight is 255 g/mol. The molecule has 0 aromatic heterocycles. The molecule has 1 aliphatic heterocycles. The Morgan fingerprint density at radius 2 is 2.50 bits per heavy atom. The SMILES string of the molecule is O=C(O)N1CC[C@H](CI)C1. The molecule has 0 bridgehead atoms. The molecule has 0 saturated carbocycles. The van der Waals surface area contributed by atoms with E-state index in [1.165, 1.54) is 4.90 Å². The highest BCUT2D eigenvalue weighted by Crippen LogP contribution is 2.17. The maximum Gasteiger partial charge on any atom is 0.407 e. The lowest BCUT2D eigenvalue weighted by molar-refractivity contribution is 0.154. The number of carbonyl (C=O) groups is 1. The van der Waals surface area contributed by atoms with Gasteiger partial charge in [-0.25, -0.2) is 4.79 Å². The summed E-state index contributed by atoms with van der Waals surface area (Å²) in [5, 5.41) is 8.55. The second kappa shape index (κ2) is 3.41. The Labute approximate surface area is 73.5 Å². The van der Waals surface area contributed by atoms with E-state index in [1.54, 1.807) is 0 Å². The first-order valence-electron chi connectivity index (χ1n) is 3.28. The van der Waals surface area contributed by atoms with Gasteiger partial charge in [-0.3, -0.25) is 0 Å². The maximum atomic E-state index is 10.4. The zero-order chi connectivity index (χ0) is 7.56. The Bertz CT molecular complexity index is 140. The monoisotopic (exact) mass is 255 g/mol. The number of nitrogens with zero attached hydrogens (tertiary/aromatic N) is 1. The van der Waals surface area contributed by atoms with Gasteiger partial charge in [-0.2, -0.15) is 0 Å². The van der Waals surface area contributed by atoms with Crippen LogP contribution in [0.4, 0.5) is 4.79 Å². The Morgan fingerprint density at radius 1 is 1.80 bits per heavy atom. The van der Waals surface area contributed by atoms with Crippen molar-refractivity contribution in [2.24, 2.45) is 5.92 Å². The Morgan fingerprint density at radius 3 is 2.80 bits per heavy atom. The van der Waals surface area contributed by atoms with Gasteiger partial charge < -0.3 is 10.0 Å². The molecule has 58 valence electrons. The van der Waals surface area contributed by atoms with Crippen molar-refractivity contribution in [2.75, 3.05) is 17.5 Å². The van der Waals surface area contributed by atoms with E-state index in [-0.39, 0.29) is 0 Å². The second-order valence-corrected chi connectivity index (χ2v) is 3.42. The Kier molecular flexibility index (Phi) is 2.76. The quantitative estimate of drug-likeness (QED) is 0.568. The predicted octanol–water partition coefficient (Wildman–Crippen LogP) is 1.42. The molecule has 1 amide bonds. The lowest BCUT2D eigenvalue weighted by atomic mass is 10.2. The topological polar surface area (TPSA) is 40.5 Å². The molecule has 1 atom stereocenters. The summed E-state index contributed by atoms with van der Waals surface area (Å²) in [6, 6.07) is 0. The van der Waals surface area contributed by atoms with E-state index in [4.69, 9.17) is 5.11 Å². The number of hydrogen-bond acceptors (Lipinski definition) is 1. The molecule has 0 radical (unpaired) electrons. The molecule has 0 aliphatic carbocycles. The third-order valence-electron chi connectivity index (χ3n) is 1.77. The molecule has 1 heterocycles. The van der Waals surface area contributed by atoms with Gasteiger partial charge in [0.15, 0.2) is 0 Å². The smallest absolute Gasteiger partial charge is 0.407 e. The number of carboxylic acid groups (broad SMARTS) is 1. The van der Waals surface area contributed by atoms with Crippen molar-refractivity contribution in [3.05, 3.63) is 0 Å². The van der Waals surface area contributed by atoms with Crippen molar-refractivity contribution in [1.82, 2.24) is 4.90 Å². The summed E-state index contributed by atoms with van der Waals surface area (Å²) in [7, 11) is 0. The Balaban J connectivity index is 2.35. The number of halogens is 1. The highest BCUT2D eigenvalue weighted by Gasteiger charge is 2.24. The van der Waals surface area contributed by atoms with E-state index in [0.29, 0.717) is 5.92 Å². The molecule has 1 rings (SSSR count). The average Bonchev–Trinajstić information content (AvgIpc) is 2.34. The van der Waals surface area contributed by atoms with Crippen LogP contribution in [0.2, 0.25) is 0 Å². The first-order chi connectivity index (χ1) is 4.74. The molecule has 0 unspecified atom stereocenters. The zero-order valence-electron chi connectivity index (χ0n) is 5.59. The summed E-state index contributed by atoms with van der Waals surface area (Å²) in [6.45, 7) is 1.46. The maximum absolute atomic E-state index is 10.4. The van der Waals surface area contributed by atoms with Crippen LogP contribution in [0, 0.1) is 5.92 Å². The predicted molar refractivity (Wildman–Crippen MR) is 46.6 cm³/mol. The highest BCUT2D eigenvalue weighted by atomic mass is 127. The number of rotatable bonds is 1. The van der Waals surface area contributed by atoms with Crippen LogP contribution in [0.5, 0.6) is 0 Å². The van der Waals surface area contributed by atoms with Crippen LogP contribution in [0.1, 0.15) is 6.42 Å². The van der Waals surface area contributed by atoms with Crippen molar-refractivity contribution in [3.63, 3.8) is 0 Å². The van der Waals surface area contributed by atoms with E-state index in [0.717, 1.165) is 23.9 Å². The minimum Gasteiger partial charge on any atom is -0.465 e. The van der Waals surface area contributed by atoms with Crippen LogP contribution in [0.25, 0.3) is 0 Å². The van der Waals surface area contributed by atoms with E-state index in [9.17, 15) is 4.79 Å². The van der Waals surface area contributed by atoms with Gasteiger partial charge in [-0.15, -0.1) is 0 Å². The van der Waals surface area contributed by atoms with Gasteiger partial charge in [-0.1, -0.05) is 22.6 Å². The van der Waals surface area contributed by atoms with Crippen LogP contribution in [-0.4, -0.2) is 33.6 Å². The molecule has 0 aromatic carbocycles. The van der Waals surface area contributed by atoms with Gasteiger partial charge in [0, 0.05) is 17.5 Å². The molecule has 1 fully saturated rings. The van der Waals surface area contributed by atoms with Crippen LogP contribution < -0.4 is 0 Å². The minimum absolute atomic E-state index is 0.594. The van der Waals surface area contributed by atoms with E-state index >= 15 is 0 Å². The van der Waals surface area contributed by atoms with Gasteiger partial charge in [0.2, 0.25) is 0 Å². The molecule has 4 heteroatoms. The number of hydrogen-bond donors (Lipinski definition) is 1. The fraction of sp³-hybridized carbons (Fsp3) is 0.833. The van der Waals surface area contributed by atoms with Crippen molar-refractivity contribution in [1.29, 1.82) is 0 Å². The number of amides is 1. The summed E-state index contributed by atoms with van der Waals surface area (Å²) in [5.41, 5.74) is 0. The molecule has 0 spiro atoms. The normalized spacial score (nSPS) is 25.3. The molecule has 1 aliphatic rings. The number of alkyl halides is 1. The summed E-state index contributed by atoms with van der Waals surface area (Å²) in [5.74, 6) is 0.594. The van der Waals surface area contributed by atoms with Gasteiger partial charge in [0.05, 0.1) is 0 Å². The minimum atomic E-state index is -0.771. The van der Waals surface area contributed by atoms with E-state index in [1.807, 2.05) is 0 Å². The van der Waals surface area contributed by atoms with Crippen LogP contribution in [0.3, 0.4) is 0 Å². The zero-order valence-corrected chi connectivity index (χ0v) is 7.74. The van der Waals surface area contributed by atoms with Crippen LogP contribution in [0.15, 0.2) is 0 Å². The third-order valence-corrected chi connectivity index (χ3v) is 3.02. The Hall–Kier alpha value is 0. The standard InChI is InChI=1S/C6H10INO2/c7-3-5-1-2-8(4-5)6(9)10/h5H,1-4H2,(H,9,10)/t5-/m1/s1. The van der Waals surface area contributed by atoms with E-state index < -0.39 is 6.09 Å². The fourth-order valence-corrected chi connectivity index (χ4v) is 1.85. The van der Waals surface area contributed by atoms with Gasteiger partial charge in [0.1, 0.15) is 0 Å². The first kappa shape index (κ1) is 8.10. The van der Waals surface area contributed by atoms with Crippen molar-refractivity contribution < 1.29 is 9.90 Å². The lowest BCUT2D eigenvalue weighted by Gasteiger charge is -2.09. The first-order valence-corrected chi connectivity index (χ1v) is 4.80. The summed E-state index contributed by atoms with van der Waals surface area (Å²) in [6.07, 6.45) is 0.266. The van der Waals surface area contributed by atoms with Gasteiger partial charge in [-0.05, 0) is 12.3 Å². The summed E-state index contributed by atoms with van der Waals surface area (Å²) < 4.78 is 1.07. The van der Waals surface area contributed by atoms with Crippen LogP contribution in [-0.2, 0) is 0 Å². The second-order valence-electron chi connectivity index (χ2n) is 2.54. The molecular formula is C6H10INO2. The van der Waals surface area contributed by atoms with Crippen LogP contribution >= 0.6 is 22.6 Å². The summed E-state index contributed by atoms with van der Waals surface area (Å²) >= 11 is 2.30. The van der Waals surface area contributed by atoms with Crippen molar-refractivity contribution >= 4 is 28.7 Å². The molecule has 10 heavy (non-hydrogen) atoms. The lowest BCUT2D eigenvalue weighted by Crippen LogP contribution is -2.26. The third kappa shape index (κ3) is 1.74. The van der Waals surface area contributed by atoms with Crippen molar-refractivity contribution in [2.45, 2.75) is 6.42 Å². The van der Waals surface area contributed by atoms with Crippen molar-refractivity contribution in [3.8, 4) is 0 Å². The number of likely N-dealkylation sites (tertiary alicyclic amines) is 1. The fourth-order valence-electron chi connectivity index (χ4n) is 1.13.